The van der Waals surface area contributed by atoms with Crippen molar-refractivity contribution in [2.75, 3.05) is 13.4 Å². The Bertz CT molecular complexity index is 504. The first-order chi connectivity index (χ1) is 7.24. The predicted octanol–water partition coefficient (Wildman–Crippen LogP) is 2.68. The molecule has 3 nitrogen and oxygen atoms in total. The number of methoxy groups -OCH3 is 1. The number of hydrogen-bond donors (Lipinski definition) is 1. The van der Waals surface area contributed by atoms with Crippen molar-refractivity contribution >= 4 is 28.6 Å². The highest BCUT2D eigenvalue weighted by molar-refractivity contribution is 7.98. The van der Waals surface area contributed by atoms with Crippen molar-refractivity contribution in [3.63, 3.8) is 0 Å². The fourth-order valence-corrected chi connectivity index (χ4v) is 1.89. The molecule has 0 aliphatic heterocycles. The number of nitrogens with one attached hydrogen (secondary N) is 1. The van der Waals surface area contributed by atoms with Gasteiger partial charge in [0.05, 0.1) is 7.11 Å². The molecule has 1 N–H and O–H groups in total. The fraction of sp³-hybridized carbons (Fsp3) is 0.182. The Hall–Kier alpha value is -1.42. The van der Waals surface area contributed by atoms with Gasteiger partial charge in [-0.2, -0.15) is 0 Å². The van der Waals surface area contributed by atoms with E-state index in [1.165, 1.54) is 12.0 Å². The van der Waals surface area contributed by atoms with Crippen molar-refractivity contribution in [1.29, 1.82) is 0 Å². The lowest BCUT2D eigenvalue weighted by Crippen LogP contribution is -2.00. The van der Waals surface area contributed by atoms with Gasteiger partial charge in [0.25, 0.3) is 0 Å². The first-order valence-corrected chi connectivity index (χ1v) is 5.72. The van der Waals surface area contributed by atoms with Gasteiger partial charge >= 0.3 is 5.97 Å². The molecule has 0 radical (unpaired) electrons. The zero-order valence-electron chi connectivity index (χ0n) is 8.53. The van der Waals surface area contributed by atoms with Gasteiger partial charge in [-0.05, 0) is 24.5 Å². The zero-order valence-corrected chi connectivity index (χ0v) is 9.35. The molecule has 1 heterocycles. The molecule has 2 rings (SSSR count). The molecule has 0 aliphatic carbocycles. The summed E-state index contributed by atoms with van der Waals surface area (Å²) in [4.78, 5) is 15.5. The van der Waals surface area contributed by atoms with Gasteiger partial charge in [-0.3, -0.25) is 0 Å². The molecule has 0 aliphatic rings. The smallest absolute Gasteiger partial charge is 0.354 e. The van der Waals surface area contributed by atoms with Crippen molar-refractivity contribution in [1.82, 2.24) is 4.98 Å². The number of esters is 1. The molecule has 0 amide bonds. The average molecular weight is 221 g/mol. The summed E-state index contributed by atoms with van der Waals surface area (Å²) >= 11 is 1.67. The van der Waals surface area contributed by atoms with Gasteiger partial charge in [-0.25, -0.2) is 4.79 Å². The maximum Gasteiger partial charge on any atom is 0.354 e. The lowest BCUT2D eigenvalue weighted by Gasteiger charge is -1.95. The Morgan fingerprint density at radius 3 is 2.87 bits per heavy atom. The van der Waals surface area contributed by atoms with E-state index in [1.54, 1.807) is 17.8 Å². The van der Waals surface area contributed by atoms with Crippen molar-refractivity contribution < 1.29 is 9.53 Å². The number of rotatable bonds is 2. The molecular formula is C11H11NO2S. The number of thioether (sulfide) groups is 1. The normalized spacial score (nSPS) is 10.5. The number of H-pyrrole nitrogens is 1. The molecule has 0 saturated carbocycles. The number of aromatic amines is 1. The first-order valence-electron chi connectivity index (χ1n) is 4.49. The van der Waals surface area contributed by atoms with E-state index < -0.39 is 0 Å². The first kappa shape index (κ1) is 10.1. The van der Waals surface area contributed by atoms with Gasteiger partial charge in [0.1, 0.15) is 5.69 Å². The molecule has 15 heavy (non-hydrogen) atoms. The third-order valence-corrected chi connectivity index (χ3v) is 2.96. The Morgan fingerprint density at radius 2 is 2.20 bits per heavy atom. The van der Waals surface area contributed by atoms with Crippen LogP contribution in [0.25, 0.3) is 10.9 Å². The van der Waals surface area contributed by atoms with Crippen molar-refractivity contribution in [3.05, 3.63) is 30.0 Å². The highest BCUT2D eigenvalue weighted by Crippen LogP contribution is 2.22. The largest absolute Gasteiger partial charge is 0.464 e. The standard InChI is InChI=1S/C11H11NO2S/c1-14-11(13)10-5-7-3-4-8(15-2)6-9(7)12-10/h3-6,12H,1-2H3. The maximum absolute atomic E-state index is 11.3. The van der Waals surface area contributed by atoms with Gasteiger partial charge in [0.15, 0.2) is 0 Å². The third-order valence-electron chi connectivity index (χ3n) is 2.23. The second-order valence-corrected chi connectivity index (χ2v) is 4.01. The molecule has 1 aromatic heterocycles. The maximum atomic E-state index is 11.3. The van der Waals surface area contributed by atoms with E-state index in [9.17, 15) is 4.79 Å². The minimum atomic E-state index is -0.336. The van der Waals surface area contributed by atoms with Crippen molar-refractivity contribution in [2.45, 2.75) is 4.90 Å². The summed E-state index contributed by atoms with van der Waals surface area (Å²) < 4.78 is 4.65. The lowest BCUT2D eigenvalue weighted by molar-refractivity contribution is 0.0595. The average Bonchev–Trinajstić information content (AvgIpc) is 2.70. The van der Waals surface area contributed by atoms with Crippen LogP contribution in [0.4, 0.5) is 0 Å². The Kier molecular flexibility index (Phi) is 2.68. The molecule has 78 valence electrons. The summed E-state index contributed by atoms with van der Waals surface area (Å²) in [5.74, 6) is -0.336. The van der Waals surface area contributed by atoms with E-state index >= 15 is 0 Å². The van der Waals surface area contributed by atoms with Gasteiger partial charge in [0.2, 0.25) is 0 Å². The van der Waals surface area contributed by atoms with E-state index in [2.05, 4.69) is 9.72 Å². The van der Waals surface area contributed by atoms with Crippen LogP contribution in [0.5, 0.6) is 0 Å². The lowest BCUT2D eigenvalue weighted by atomic mass is 10.2. The topological polar surface area (TPSA) is 42.1 Å². The minimum absolute atomic E-state index is 0.336. The number of aromatic nitrogens is 1. The second-order valence-electron chi connectivity index (χ2n) is 3.13. The molecule has 0 fully saturated rings. The number of carbonyl (C=O) groups is 1. The summed E-state index contributed by atoms with van der Waals surface area (Å²) in [5.41, 5.74) is 1.45. The van der Waals surface area contributed by atoms with Crippen LogP contribution in [-0.2, 0) is 4.74 Å². The summed E-state index contributed by atoms with van der Waals surface area (Å²) in [6, 6.07) is 7.84. The third kappa shape index (κ3) is 1.85. The highest BCUT2D eigenvalue weighted by atomic mass is 32.2. The van der Waals surface area contributed by atoms with Crippen LogP contribution in [0.2, 0.25) is 0 Å². The molecule has 4 heteroatoms. The Labute approximate surface area is 91.8 Å². The quantitative estimate of drug-likeness (QED) is 0.626. The predicted molar refractivity (Wildman–Crippen MR) is 61.4 cm³/mol. The monoisotopic (exact) mass is 221 g/mol. The van der Waals surface area contributed by atoms with E-state index in [4.69, 9.17) is 0 Å². The summed E-state index contributed by atoms with van der Waals surface area (Å²) in [6.07, 6.45) is 2.02. The number of benzene rings is 1. The van der Waals surface area contributed by atoms with Crippen LogP contribution in [0.15, 0.2) is 29.2 Å². The molecular weight excluding hydrogens is 210 g/mol. The minimum Gasteiger partial charge on any atom is -0.464 e. The van der Waals surface area contributed by atoms with Gasteiger partial charge < -0.3 is 9.72 Å². The van der Waals surface area contributed by atoms with E-state index in [1.807, 2.05) is 24.5 Å². The van der Waals surface area contributed by atoms with Crippen molar-refractivity contribution in [2.24, 2.45) is 0 Å². The summed E-state index contributed by atoms with van der Waals surface area (Å²) in [6.45, 7) is 0. The molecule has 0 spiro atoms. The molecule has 0 bridgehead atoms. The van der Waals surface area contributed by atoms with Crippen LogP contribution in [0, 0.1) is 0 Å². The number of ether oxygens (including phenoxy) is 1. The Morgan fingerprint density at radius 1 is 1.40 bits per heavy atom. The number of fused-ring (bicyclic) bond motifs is 1. The SMILES string of the molecule is COC(=O)c1cc2ccc(SC)cc2[nH]1. The van der Waals surface area contributed by atoms with Crippen LogP contribution < -0.4 is 0 Å². The molecule has 1 aromatic carbocycles. The molecule has 2 aromatic rings. The second kappa shape index (κ2) is 3.98. The zero-order chi connectivity index (χ0) is 10.8. The summed E-state index contributed by atoms with van der Waals surface area (Å²) in [7, 11) is 1.38. The fourth-order valence-electron chi connectivity index (χ4n) is 1.45. The van der Waals surface area contributed by atoms with Crippen LogP contribution in [-0.4, -0.2) is 24.3 Å². The van der Waals surface area contributed by atoms with Gasteiger partial charge in [0, 0.05) is 15.8 Å². The van der Waals surface area contributed by atoms with E-state index in [0.717, 1.165) is 10.9 Å². The molecule has 0 atom stereocenters. The highest BCUT2D eigenvalue weighted by Gasteiger charge is 2.09. The van der Waals surface area contributed by atoms with Crippen LogP contribution in [0.1, 0.15) is 10.5 Å². The summed E-state index contributed by atoms with van der Waals surface area (Å²) in [5, 5.41) is 1.02. The molecule has 0 saturated heterocycles. The number of carbonyl (C=O) groups excluding carboxylic acids is 1. The molecule has 0 unspecified atom stereocenters. The van der Waals surface area contributed by atoms with Crippen molar-refractivity contribution in [3.8, 4) is 0 Å². The number of hydrogen-bond acceptors (Lipinski definition) is 3. The van der Waals surface area contributed by atoms with E-state index in [0.29, 0.717) is 5.69 Å². The van der Waals surface area contributed by atoms with Gasteiger partial charge in [-0.1, -0.05) is 6.07 Å². The van der Waals surface area contributed by atoms with Crippen LogP contribution in [0.3, 0.4) is 0 Å². The van der Waals surface area contributed by atoms with Gasteiger partial charge in [-0.15, -0.1) is 11.8 Å². The Balaban J connectivity index is 2.51. The van der Waals surface area contributed by atoms with E-state index in [-0.39, 0.29) is 5.97 Å². The van der Waals surface area contributed by atoms with Crippen LogP contribution >= 0.6 is 11.8 Å².